The fourth-order valence-electron chi connectivity index (χ4n) is 4.06. The first-order chi connectivity index (χ1) is 11.2. The van der Waals surface area contributed by atoms with Crippen molar-refractivity contribution in [2.45, 2.75) is 56.5 Å². The quantitative estimate of drug-likeness (QED) is 0.932. The fourth-order valence-corrected chi connectivity index (χ4v) is 4.06. The molecule has 1 aromatic rings. The highest BCUT2D eigenvalue weighted by Gasteiger charge is 2.44. The van der Waals surface area contributed by atoms with Crippen molar-refractivity contribution in [3.8, 4) is 5.75 Å². The molecule has 0 bridgehead atoms. The van der Waals surface area contributed by atoms with Gasteiger partial charge in [-0.25, -0.2) is 0 Å². The molecular weight excluding hydrogens is 290 g/mol. The topological polar surface area (TPSA) is 49.8 Å². The number of ether oxygens (including phenoxy) is 1. The number of piperidine rings is 1. The number of carbonyl (C=O) groups excluding carboxylic acids is 1. The molecule has 0 spiro atoms. The number of hydrogen-bond acceptors (Lipinski definition) is 3. The number of aliphatic hydroxyl groups excluding tert-OH is 1. The Morgan fingerprint density at radius 2 is 1.74 bits per heavy atom. The average Bonchev–Trinajstić information content (AvgIpc) is 2.62. The summed E-state index contributed by atoms with van der Waals surface area (Å²) >= 11 is 0. The van der Waals surface area contributed by atoms with Crippen LogP contribution in [0, 0.1) is 0 Å². The monoisotopic (exact) mass is 317 g/mol. The van der Waals surface area contributed by atoms with Crippen LogP contribution in [-0.2, 0) is 10.2 Å². The third kappa shape index (κ3) is 3.23. The minimum Gasteiger partial charge on any atom is -0.497 e. The van der Waals surface area contributed by atoms with Crippen LogP contribution in [0.4, 0.5) is 0 Å². The Morgan fingerprint density at radius 3 is 2.30 bits per heavy atom. The molecule has 3 rings (SSSR count). The summed E-state index contributed by atoms with van der Waals surface area (Å²) in [6, 6.07) is 8.03. The van der Waals surface area contributed by atoms with Crippen molar-refractivity contribution < 1.29 is 14.6 Å². The highest BCUT2D eigenvalue weighted by molar-refractivity contribution is 5.88. The number of likely N-dealkylation sites (tertiary alicyclic amines) is 1. The fraction of sp³-hybridized carbons (Fsp3) is 0.632. The zero-order chi connectivity index (χ0) is 16.3. The first-order valence-electron chi connectivity index (χ1n) is 8.78. The molecule has 1 amide bonds. The van der Waals surface area contributed by atoms with Crippen LogP contribution >= 0.6 is 0 Å². The van der Waals surface area contributed by atoms with Crippen molar-refractivity contribution in [2.24, 2.45) is 0 Å². The Bertz CT molecular complexity index is 526. The minimum absolute atomic E-state index is 0.248. The highest BCUT2D eigenvalue weighted by Crippen LogP contribution is 2.42. The lowest BCUT2D eigenvalue weighted by atomic mass is 9.68. The van der Waals surface area contributed by atoms with Crippen LogP contribution in [0.2, 0.25) is 0 Å². The first kappa shape index (κ1) is 16.3. The zero-order valence-corrected chi connectivity index (χ0v) is 14.0. The van der Waals surface area contributed by atoms with E-state index >= 15 is 0 Å². The van der Waals surface area contributed by atoms with Crippen LogP contribution in [0.25, 0.3) is 0 Å². The number of hydrogen-bond donors (Lipinski definition) is 1. The second kappa shape index (κ2) is 6.91. The number of nitrogens with zero attached hydrogens (tertiary/aromatic N) is 1. The van der Waals surface area contributed by atoms with E-state index in [1.807, 2.05) is 17.0 Å². The summed E-state index contributed by atoms with van der Waals surface area (Å²) in [5, 5.41) is 9.71. The summed E-state index contributed by atoms with van der Waals surface area (Å²) in [6.45, 7) is 1.36. The Kier molecular flexibility index (Phi) is 4.90. The van der Waals surface area contributed by atoms with Crippen LogP contribution in [0.3, 0.4) is 0 Å². The SMILES string of the molecule is COc1ccc(C2(C(=O)N3CCC(O)CC3)CCCCC2)cc1. The standard InChI is InChI=1S/C19H27NO3/c1-23-17-7-5-15(6-8-17)19(11-3-2-4-12-19)18(22)20-13-9-16(21)10-14-20/h5-8,16,21H,2-4,9-14H2,1H3. The van der Waals surface area contributed by atoms with Crippen molar-refractivity contribution in [2.75, 3.05) is 20.2 Å². The van der Waals surface area contributed by atoms with Gasteiger partial charge in [0.2, 0.25) is 5.91 Å². The first-order valence-corrected chi connectivity index (χ1v) is 8.78. The lowest BCUT2D eigenvalue weighted by Crippen LogP contribution is -2.51. The van der Waals surface area contributed by atoms with E-state index in [2.05, 4.69) is 12.1 Å². The molecule has 23 heavy (non-hydrogen) atoms. The molecule has 4 heteroatoms. The van der Waals surface area contributed by atoms with Gasteiger partial charge < -0.3 is 14.7 Å². The van der Waals surface area contributed by atoms with E-state index in [0.717, 1.165) is 37.0 Å². The Hall–Kier alpha value is -1.55. The molecule has 1 aromatic carbocycles. The molecule has 0 radical (unpaired) electrons. The third-order valence-electron chi connectivity index (χ3n) is 5.51. The van der Waals surface area contributed by atoms with E-state index in [9.17, 15) is 9.90 Å². The molecule has 1 heterocycles. The summed E-state index contributed by atoms with van der Waals surface area (Å²) in [6.07, 6.45) is 6.43. The van der Waals surface area contributed by atoms with Crippen LogP contribution in [0.5, 0.6) is 5.75 Å². The van der Waals surface area contributed by atoms with Gasteiger partial charge in [-0.2, -0.15) is 0 Å². The average molecular weight is 317 g/mol. The van der Waals surface area contributed by atoms with Crippen LogP contribution in [0.1, 0.15) is 50.5 Å². The molecule has 0 atom stereocenters. The second-order valence-corrected chi connectivity index (χ2v) is 6.89. The molecule has 126 valence electrons. The van der Waals surface area contributed by atoms with Gasteiger partial charge in [0.15, 0.2) is 0 Å². The van der Waals surface area contributed by atoms with E-state index in [0.29, 0.717) is 25.9 Å². The molecule has 1 saturated heterocycles. The summed E-state index contributed by atoms with van der Waals surface area (Å²) in [5.74, 6) is 1.09. The van der Waals surface area contributed by atoms with Gasteiger partial charge in [0.05, 0.1) is 18.6 Å². The van der Waals surface area contributed by atoms with Crippen molar-refractivity contribution in [3.63, 3.8) is 0 Å². The van der Waals surface area contributed by atoms with E-state index in [-0.39, 0.29) is 17.4 Å². The molecule has 4 nitrogen and oxygen atoms in total. The maximum absolute atomic E-state index is 13.3. The molecule has 0 unspecified atom stereocenters. The summed E-state index contributed by atoms with van der Waals surface area (Å²) in [5.41, 5.74) is 0.737. The summed E-state index contributed by atoms with van der Waals surface area (Å²) in [4.78, 5) is 15.3. The smallest absolute Gasteiger partial charge is 0.233 e. The predicted octanol–water partition coefficient (Wildman–Crippen LogP) is 2.88. The number of benzene rings is 1. The predicted molar refractivity (Wildman–Crippen MR) is 89.6 cm³/mol. The molecule has 1 aliphatic heterocycles. The number of aliphatic hydroxyl groups is 1. The van der Waals surface area contributed by atoms with Gasteiger partial charge in [-0.05, 0) is 43.4 Å². The van der Waals surface area contributed by atoms with Crippen molar-refractivity contribution in [1.29, 1.82) is 0 Å². The van der Waals surface area contributed by atoms with Crippen LogP contribution in [0.15, 0.2) is 24.3 Å². The summed E-state index contributed by atoms with van der Waals surface area (Å²) < 4.78 is 5.25. The lowest BCUT2D eigenvalue weighted by molar-refractivity contribution is -0.141. The maximum atomic E-state index is 13.3. The second-order valence-electron chi connectivity index (χ2n) is 6.89. The third-order valence-corrected chi connectivity index (χ3v) is 5.51. The molecule has 1 aliphatic carbocycles. The Balaban J connectivity index is 1.87. The van der Waals surface area contributed by atoms with Gasteiger partial charge in [0, 0.05) is 13.1 Å². The van der Waals surface area contributed by atoms with Crippen LogP contribution < -0.4 is 4.74 Å². The van der Waals surface area contributed by atoms with Crippen molar-refractivity contribution in [3.05, 3.63) is 29.8 Å². The van der Waals surface area contributed by atoms with Gasteiger partial charge in [0.1, 0.15) is 5.75 Å². The largest absolute Gasteiger partial charge is 0.497 e. The van der Waals surface area contributed by atoms with E-state index in [4.69, 9.17) is 4.74 Å². The van der Waals surface area contributed by atoms with E-state index in [1.165, 1.54) is 6.42 Å². The number of methoxy groups -OCH3 is 1. The van der Waals surface area contributed by atoms with Crippen molar-refractivity contribution >= 4 is 5.91 Å². The molecular formula is C19H27NO3. The Labute approximate surface area is 138 Å². The normalized spacial score (nSPS) is 21.9. The highest BCUT2D eigenvalue weighted by atomic mass is 16.5. The van der Waals surface area contributed by atoms with E-state index in [1.54, 1.807) is 7.11 Å². The van der Waals surface area contributed by atoms with Gasteiger partial charge in [0.25, 0.3) is 0 Å². The molecule has 1 N–H and O–H groups in total. The zero-order valence-electron chi connectivity index (χ0n) is 14.0. The number of rotatable bonds is 3. The van der Waals surface area contributed by atoms with Crippen LogP contribution in [-0.4, -0.2) is 42.2 Å². The summed E-state index contributed by atoms with van der Waals surface area (Å²) in [7, 11) is 1.66. The Morgan fingerprint density at radius 1 is 1.13 bits per heavy atom. The molecule has 2 aliphatic rings. The number of amides is 1. The van der Waals surface area contributed by atoms with Crippen molar-refractivity contribution in [1.82, 2.24) is 4.90 Å². The van der Waals surface area contributed by atoms with Gasteiger partial charge >= 0.3 is 0 Å². The lowest BCUT2D eigenvalue weighted by Gasteiger charge is -2.42. The van der Waals surface area contributed by atoms with E-state index < -0.39 is 0 Å². The molecule has 2 fully saturated rings. The number of carbonyl (C=O) groups is 1. The molecule has 0 aromatic heterocycles. The van der Waals surface area contributed by atoms with Gasteiger partial charge in [-0.15, -0.1) is 0 Å². The van der Waals surface area contributed by atoms with Gasteiger partial charge in [-0.3, -0.25) is 4.79 Å². The maximum Gasteiger partial charge on any atom is 0.233 e. The van der Waals surface area contributed by atoms with Gasteiger partial charge in [-0.1, -0.05) is 31.4 Å². The molecule has 1 saturated carbocycles. The minimum atomic E-state index is -0.382.